The predicted molar refractivity (Wildman–Crippen MR) is 61.0 cm³/mol. The summed E-state index contributed by atoms with van der Waals surface area (Å²) in [5.74, 6) is -0.358. The van der Waals surface area contributed by atoms with Gasteiger partial charge in [0.05, 0.1) is 0 Å². The standard InChI is InChI=1S/C11H14O4P/c12-11(7-4-8-16(13)14)15-9-10-5-2-1-3-6-10/h1-3,5-6,8,16H,4,7,9H2,(H,13,14). The van der Waals surface area contributed by atoms with Crippen LogP contribution in [-0.2, 0) is 20.7 Å². The van der Waals surface area contributed by atoms with Gasteiger partial charge in [-0.2, -0.15) is 0 Å². The largest absolute Gasteiger partial charge is 0.461 e. The third kappa shape index (κ3) is 5.69. The normalized spacial score (nSPS) is 12.1. The average molecular weight is 241 g/mol. The van der Waals surface area contributed by atoms with E-state index >= 15 is 0 Å². The molecule has 16 heavy (non-hydrogen) atoms. The molecule has 87 valence electrons. The fourth-order valence-corrected chi connectivity index (χ4v) is 1.52. The third-order valence-corrected chi connectivity index (χ3v) is 2.55. The number of carbonyl (C=O) groups is 1. The first kappa shape index (κ1) is 12.9. The van der Waals surface area contributed by atoms with E-state index in [9.17, 15) is 9.36 Å². The molecule has 1 atom stereocenters. The molecule has 0 bridgehead atoms. The van der Waals surface area contributed by atoms with Crippen molar-refractivity contribution in [3.8, 4) is 0 Å². The maximum absolute atomic E-state index is 11.2. The summed E-state index contributed by atoms with van der Waals surface area (Å²) >= 11 is 0. The highest BCUT2D eigenvalue weighted by Crippen LogP contribution is 2.21. The Kier molecular flexibility index (Phi) is 5.83. The van der Waals surface area contributed by atoms with Crippen LogP contribution < -0.4 is 0 Å². The van der Waals surface area contributed by atoms with Crippen molar-refractivity contribution >= 4 is 14.0 Å². The van der Waals surface area contributed by atoms with Crippen LogP contribution in [0.3, 0.4) is 0 Å². The van der Waals surface area contributed by atoms with Crippen molar-refractivity contribution < 1.29 is 19.0 Å². The Hall–Kier alpha value is -1.12. The van der Waals surface area contributed by atoms with Gasteiger partial charge in [0.15, 0.2) is 8.03 Å². The molecule has 0 aliphatic rings. The van der Waals surface area contributed by atoms with Crippen LogP contribution in [0.4, 0.5) is 0 Å². The van der Waals surface area contributed by atoms with Crippen LogP contribution in [0, 0.1) is 6.16 Å². The molecule has 0 aliphatic carbocycles. The van der Waals surface area contributed by atoms with Crippen LogP contribution in [0.5, 0.6) is 0 Å². The summed E-state index contributed by atoms with van der Waals surface area (Å²) in [4.78, 5) is 19.7. The fourth-order valence-electron chi connectivity index (χ4n) is 1.12. The van der Waals surface area contributed by atoms with Gasteiger partial charge >= 0.3 is 5.97 Å². The molecule has 0 spiro atoms. The SMILES string of the molecule is O=C(CC[CH][PH](=O)O)OCc1ccccc1. The molecule has 1 radical (unpaired) electrons. The van der Waals surface area contributed by atoms with Crippen molar-refractivity contribution in [3.63, 3.8) is 0 Å². The molecule has 0 fully saturated rings. The molecule has 0 amide bonds. The van der Waals surface area contributed by atoms with Crippen molar-refractivity contribution in [2.45, 2.75) is 19.4 Å². The molecule has 1 aromatic carbocycles. The van der Waals surface area contributed by atoms with Gasteiger partial charge in [-0.3, -0.25) is 9.36 Å². The van der Waals surface area contributed by atoms with Gasteiger partial charge in [-0.25, -0.2) is 0 Å². The van der Waals surface area contributed by atoms with Gasteiger partial charge in [-0.05, 0) is 12.0 Å². The van der Waals surface area contributed by atoms with Crippen LogP contribution >= 0.6 is 8.03 Å². The Morgan fingerprint density at radius 3 is 2.69 bits per heavy atom. The molecule has 0 saturated heterocycles. The first-order valence-corrected chi connectivity index (χ1v) is 6.37. The lowest BCUT2D eigenvalue weighted by Crippen LogP contribution is -2.03. The van der Waals surface area contributed by atoms with E-state index in [4.69, 9.17) is 9.63 Å². The lowest BCUT2D eigenvalue weighted by molar-refractivity contribution is -0.144. The van der Waals surface area contributed by atoms with E-state index in [-0.39, 0.29) is 25.4 Å². The monoisotopic (exact) mass is 241 g/mol. The maximum atomic E-state index is 11.2. The second-order valence-electron chi connectivity index (χ2n) is 3.23. The van der Waals surface area contributed by atoms with E-state index in [1.165, 1.54) is 6.16 Å². The van der Waals surface area contributed by atoms with E-state index in [1.807, 2.05) is 30.3 Å². The summed E-state index contributed by atoms with van der Waals surface area (Å²) in [6, 6.07) is 9.36. The summed E-state index contributed by atoms with van der Waals surface area (Å²) in [6.45, 7) is 0.244. The van der Waals surface area contributed by atoms with Crippen molar-refractivity contribution in [2.24, 2.45) is 0 Å². The lowest BCUT2D eigenvalue weighted by Gasteiger charge is -2.03. The highest BCUT2D eigenvalue weighted by atomic mass is 31.1. The highest BCUT2D eigenvalue weighted by Gasteiger charge is 2.04. The first-order chi connectivity index (χ1) is 7.68. The lowest BCUT2D eigenvalue weighted by atomic mass is 10.2. The summed E-state index contributed by atoms with van der Waals surface area (Å²) in [7, 11) is -2.58. The molecule has 5 heteroatoms. The molecule has 4 nitrogen and oxygen atoms in total. The average Bonchev–Trinajstić information content (AvgIpc) is 2.27. The molecule has 0 heterocycles. The zero-order valence-electron chi connectivity index (χ0n) is 8.76. The van der Waals surface area contributed by atoms with E-state index in [1.54, 1.807) is 0 Å². The maximum Gasteiger partial charge on any atom is 0.306 e. The van der Waals surface area contributed by atoms with E-state index in [2.05, 4.69) is 0 Å². The molecular weight excluding hydrogens is 227 g/mol. The number of rotatable bonds is 6. The highest BCUT2D eigenvalue weighted by molar-refractivity contribution is 7.40. The zero-order valence-corrected chi connectivity index (χ0v) is 9.76. The minimum absolute atomic E-state index is 0.143. The summed E-state index contributed by atoms with van der Waals surface area (Å²) in [5.41, 5.74) is 0.926. The minimum Gasteiger partial charge on any atom is -0.461 e. The van der Waals surface area contributed by atoms with Crippen LogP contribution in [-0.4, -0.2) is 10.9 Å². The van der Waals surface area contributed by atoms with E-state index < -0.39 is 8.03 Å². The topological polar surface area (TPSA) is 63.6 Å². The molecule has 0 aromatic heterocycles. The predicted octanol–water partition coefficient (Wildman–Crippen LogP) is 2.14. The smallest absolute Gasteiger partial charge is 0.306 e. The molecule has 0 aliphatic heterocycles. The van der Waals surface area contributed by atoms with Crippen LogP contribution in [0.2, 0.25) is 0 Å². The van der Waals surface area contributed by atoms with Gasteiger partial charge in [-0.15, -0.1) is 0 Å². The number of benzene rings is 1. The van der Waals surface area contributed by atoms with Gasteiger partial charge in [0.2, 0.25) is 0 Å². The van der Waals surface area contributed by atoms with Crippen molar-refractivity contribution in [2.75, 3.05) is 0 Å². The van der Waals surface area contributed by atoms with Gasteiger partial charge in [-0.1, -0.05) is 30.3 Å². The minimum atomic E-state index is -2.58. The van der Waals surface area contributed by atoms with Crippen molar-refractivity contribution in [3.05, 3.63) is 42.1 Å². The van der Waals surface area contributed by atoms with Crippen molar-refractivity contribution in [1.82, 2.24) is 0 Å². The van der Waals surface area contributed by atoms with Crippen LogP contribution in [0.15, 0.2) is 30.3 Å². The van der Waals surface area contributed by atoms with Crippen LogP contribution in [0.1, 0.15) is 18.4 Å². The Morgan fingerprint density at radius 1 is 1.38 bits per heavy atom. The fraction of sp³-hybridized carbons (Fsp3) is 0.273. The van der Waals surface area contributed by atoms with Crippen molar-refractivity contribution in [1.29, 1.82) is 0 Å². The molecule has 1 rings (SSSR count). The Labute approximate surface area is 95.1 Å². The Bertz CT molecular complexity index is 350. The van der Waals surface area contributed by atoms with Gasteiger partial charge in [0, 0.05) is 12.6 Å². The zero-order chi connectivity index (χ0) is 11.8. The number of hydrogen-bond donors (Lipinski definition) is 1. The van der Waals surface area contributed by atoms with E-state index in [0.717, 1.165) is 5.56 Å². The van der Waals surface area contributed by atoms with Gasteiger partial charge in [0.25, 0.3) is 0 Å². The number of carbonyl (C=O) groups excluding carboxylic acids is 1. The number of hydrogen-bond acceptors (Lipinski definition) is 3. The molecule has 1 N–H and O–H groups in total. The quantitative estimate of drug-likeness (QED) is 0.612. The summed E-state index contributed by atoms with van der Waals surface area (Å²) in [6.07, 6.45) is 1.65. The van der Waals surface area contributed by atoms with E-state index in [0.29, 0.717) is 0 Å². The number of esters is 1. The summed E-state index contributed by atoms with van der Waals surface area (Å²) in [5, 5.41) is 0. The molecular formula is C11H14O4P. The molecule has 1 unspecified atom stereocenters. The molecule has 1 aromatic rings. The Balaban J connectivity index is 2.18. The van der Waals surface area contributed by atoms with Gasteiger partial charge < -0.3 is 9.63 Å². The van der Waals surface area contributed by atoms with Crippen LogP contribution in [0.25, 0.3) is 0 Å². The van der Waals surface area contributed by atoms with Gasteiger partial charge in [0.1, 0.15) is 6.61 Å². The number of ether oxygens (including phenoxy) is 1. The molecule has 0 saturated carbocycles. The Morgan fingerprint density at radius 2 is 2.06 bits per heavy atom. The first-order valence-electron chi connectivity index (χ1n) is 4.94. The second kappa shape index (κ2) is 7.20. The third-order valence-electron chi connectivity index (χ3n) is 1.91. The summed E-state index contributed by atoms with van der Waals surface area (Å²) < 4.78 is 15.3. The second-order valence-corrected chi connectivity index (χ2v) is 4.31.